The molecule has 0 saturated carbocycles. The number of benzene rings is 3. The molecule has 32 heavy (non-hydrogen) atoms. The van der Waals surface area contributed by atoms with Crippen molar-refractivity contribution in [1.82, 2.24) is 5.32 Å². The smallest absolute Gasteiger partial charge is 0.323 e. The normalized spacial score (nSPS) is 10.4. The Kier molecular flexibility index (Phi) is 7.59. The maximum absolute atomic E-state index is 12.3. The Morgan fingerprint density at radius 2 is 1.50 bits per heavy atom. The highest BCUT2D eigenvalue weighted by molar-refractivity contribution is 5.98. The van der Waals surface area contributed by atoms with Gasteiger partial charge >= 0.3 is 5.97 Å². The molecule has 0 atom stereocenters. The van der Waals surface area contributed by atoms with Crippen LogP contribution in [0.5, 0.6) is 0 Å². The molecule has 3 aromatic carbocycles. The molecule has 0 aromatic heterocycles. The van der Waals surface area contributed by atoms with Crippen molar-refractivity contribution in [3.63, 3.8) is 0 Å². The first-order chi connectivity index (χ1) is 15.4. The molecule has 0 fully saturated rings. The van der Waals surface area contributed by atoms with E-state index >= 15 is 0 Å². The molecular formula is C25H26N4O3. The number of aliphatic carboxylic acids is 1. The predicted octanol–water partition coefficient (Wildman–Crippen LogP) is 3.03. The monoisotopic (exact) mass is 430 g/mol. The summed E-state index contributed by atoms with van der Waals surface area (Å²) >= 11 is 0. The van der Waals surface area contributed by atoms with Crippen molar-refractivity contribution in [2.75, 3.05) is 18.0 Å². The zero-order chi connectivity index (χ0) is 22.9. The summed E-state index contributed by atoms with van der Waals surface area (Å²) in [6.45, 7) is 0.882. The third kappa shape index (κ3) is 6.43. The number of nitrogens with two attached hydrogens (primary N) is 1. The van der Waals surface area contributed by atoms with Crippen LogP contribution in [-0.2, 0) is 17.8 Å². The van der Waals surface area contributed by atoms with Crippen molar-refractivity contribution >= 4 is 23.4 Å². The van der Waals surface area contributed by atoms with E-state index in [1.54, 1.807) is 24.3 Å². The molecule has 0 bridgehead atoms. The summed E-state index contributed by atoms with van der Waals surface area (Å²) < 4.78 is 0. The van der Waals surface area contributed by atoms with Crippen molar-refractivity contribution in [2.24, 2.45) is 5.73 Å². The third-order valence-corrected chi connectivity index (χ3v) is 5.00. The van der Waals surface area contributed by atoms with Gasteiger partial charge in [-0.25, -0.2) is 0 Å². The van der Waals surface area contributed by atoms with E-state index < -0.39 is 5.97 Å². The molecule has 0 saturated heterocycles. The summed E-state index contributed by atoms with van der Waals surface area (Å²) in [6, 6.07) is 24.0. The van der Waals surface area contributed by atoms with Gasteiger partial charge in [0.2, 0.25) is 0 Å². The Balaban J connectivity index is 1.56. The standard InChI is InChI=1S/C25H26N4O3/c26-24(27)20-8-10-21(11-9-20)25(32)28-15-14-18-6-12-22(13-7-18)29(17-23(30)31)16-19-4-2-1-3-5-19/h1-13H,14-17H2,(H3,26,27)(H,28,32)(H,30,31). The molecule has 0 unspecified atom stereocenters. The highest BCUT2D eigenvalue weighted by Crippen LogP contribution is 2.18. The molecule has 0 aliphatic carbocycles. The SMILES string of the molecule is N=C(N)c1ccc(C(=O)NCCc2ccc(N(CC(=O)O)Cc3ccccc3)cc2)cc1. The lowest BCUT2D eigenvalue weighted by molar-refractivity contribution is -0.135. The summed E-state index contributed by atoms with van der Waals surface area (Å²) in [6.07, 6.45) is 0.648. The third-order valence-electron chi connectivity index (χ3n) is 5.00. The van der Waals surface area contributed by atoms with Crippen LogP contribution >= 0.6 is 0 Å². The first-order valence-corrected chi connectivity index (χ1v) is 10.2. The van der Waals surface area contributed by atoms with E-state index in [4.69, 9.17) is 11.1 Å². The zero-order valence-electron chi connectivity index (χ0n) is 17.6. The van der Waals surface area contributed by atoms with Gasteiger partial charge in [-0.3, -0.25) is 15.0 Å². The van der Waals surface area contributed by atoms with Crippen LogP contribution in [0.4, 0.5) is 5.69 Å². The Labute approximate surface area is 187 Å². The van der Waals surface area contributed by atoms with E-state index in [1.165, 1.54) is 0 Å². The van der Waals surface area contributed by atoms with Gasteiger partial charge in [0, 0.05) is 29.9 Å². The van der Waals surface area contributed by atoms with Crippen LogP contribution in [-0.4, -0.2) is 35.9 Å². The second kappa shape index (κ2) is 10.8. The second-order valence-corrected chi connectivity index (χ2v) is 7.40. The van der Waals surface area contributed by atoms with Crippen LogP contribution < -0.4 is 16.0 Å². The van der Waals surface area contributed by atoms with Crippen LogP contribution in [0.15, 0.2) is 78.9 Å². The molecule has 3 rings (SSSR count). The molecule has 0 radical (unpaired) electrons. The van der Waals surface area contributed by atoms with E-state index in [-0.39, 0.29) is 18.3 Å². The minimum atomic E-state index is -0.885. The topological polar surface area (TPSA) is 120 Å². The van der Waals surface area contributed by atoms with Crippen LogP contribution in [0.1, 0.15) is 27.0 Å². The van der Waals surface area contributed by atoms with Crippen molar-refractivity contribution < 1.29 is 14.7 Å². The first kappa shape index (κ1) is 22.6. The molecule has 7 nitrogen and oxygen atoms in total. The van der Waals surface area contributed by atoms with Gasteiger partial charge in [-0.1, -0.05) is 54.6 Å². The second-order valence-electron chi connectivity index (χ2n) is 7.40. The number of carbonyl (C=O) groups is 2. The maximum atomic E-state index is 12.3. The fraction of sp³-hybridized carbons (Fsp3) is 0.160. The molecular weight excluding hydrogens is 404 g/mol. The van der Waals surface area contributed by atoms with Crippen LogP contribution in [0.25, 0.3) is 0 Å². The minimum Gasteiger partial charge on any atom is -0.480 e. The van der Waals surface area contributed by atoms with Gasteiger partial charge in [0.1, 0.15) is 12.4 Å². The summed E-state index contributed by atoms with van der Waals surface area (Å²) in [4.78, 5) is 25.4. The predicted molar refractivity (Wildman–Crippen MR) is 125 cm³/mol. The lowest BCUT2D eigenvalue weighted by Crippen LogP contribution is -2.29. The molecule has 7 heteroatoms. The number of amides is 1. The Morgan fingerprint density at radius 1 is 0.875 bits per heavy atom. The van der Waals surface area contributed by atoms with Gasteiger partial charge < -0.3 is 21.1 Å². The Hall–Kier alpha value is -4.13. The van der Waals surface area contributed by atoms with Crippen molar-refractivity contribution in [3.8, 4) is 0 Å². The minimum absolute atomic E-state index is 0.0360. The Morgan fingerprint density at radius 3 is 2.09 bits per heavy atom. The molecule has 0 heterocycles. The Bertz CT molecular complexity index is 1060. The number of anilines is 1. The number of hydrogen-bond acceptors (Lipinski definition) is 4. The molecule has 5 N–H and O–H groups in total. The van der Waals surface area contributed by atoms with Gasteiger partial charge in [-0.15, -0.1) is 0 Å². The van der Waals surface area contributed by atoms with Gasteiger partial charge in [-0.2, -0.15) is 0 Å². The number of carboxylic acid groups (broad SMARTS) is 1. The highest BCUT2D eigenvalue weighted by atomic mass is 16.4. The fourth-order valence-electron chi connectivity index (χ4n) is 3.30. The number of nitrogens with zero attached hydrogens (tertiary/aromatic N) is 1. The molecule has 1 amide bonds. The van der Waals surface area contributed by atoms with E-state index in [0.29, 0.717) is 30.6 Å². The number of amidine groups is 1. The summed E-state index contributed by atoms with van der Waals surface area (Å²) in [5.41, 5.74) is 9.42. The summed E-state index contributed by atoms with van der Waals surface area (Å²) in [5.74, 6) is -1.11. The van der Waals surface area contributed by atoms with Crippen LogP contribution in [0.2, 0.25) is 0 Å². The fourth-order valence-corrected chi connectivity index (χ4v) is 3.30. The van der Waals surface area contributed by atoms with E-state index in [1.807, 2.05) is 59.5 Å². The largest absolute Gasteiger partial charge is 0.480 e. The molecule has 0 aliphatic heterocycles. The molecule has 0 spiro atoms. The average molecular weight is 431 g/mol. The van der Waals surface area contributed by atoms with Crippen molar-refractivity contribution in [1.29, 1.82) is 5.41 Å². The van der Waals surface area contributed by atoms with Gasteiger partial charge in [0.15, 0.2) is 0 Å². The van der Waals surface area contributed by atoms with E-state index in [2.05, 4.69) is 5.32 Å². The highest BCUT2D eigenvalue weighted by Gasteiger charge is 2.12. The molecule has 0 aliphatic rings. The number of carboxylic acids is 1. The lowest BCUT2D eigenvalue weighted by atomic mass is 10.1. The van der Waals surface area contributed by atoms with Gasteiger partial charge in [0.25, 0.3) is 5.91 Å². The number of nitrogens with one attached hydrogen (secondary N) is 2. The number of rotatable bonds is 10. The molecule has 164 valence electrons. The first-order valence-electron chi connectivity index (χ1n) is 10.2. The summed E-state index contributed by atoms with van der Waals surface area (Å²) in [5, 5.41) is 19.6. The van der Waals surface area contributed by atoms with Gasteiger partial charge in [0.05, 0.1) is 0 Å². The lowest BCUT2D eigenvalue weighted by Gasteiger charge is -2.23. The molecule has 3 aromatic rings. The van der Waals surface area contributed by atoms with Crippen molar-refractivity contribution in [3.05, 3.63) is 101 Å². The van der Waals surface area contributed by atoms with Crippen LogP contribution in [0.3, 0.4) is 0 Å². The number of nitrogen functional groups attached to an aromatic ring is 1. The van der Waals surface area contributed by atoms with Crippen molar-refractivity contribution in [2.45, 2.75) is 13.0 Å². The van der Waals surface area contributed by atoms with Gasteiger partial charge in [-0.05, 0) is 41.8 Å². The van der Waals surface area contributed by atoms with Crippen LogP contribution in [0, 0.1) is 5.41 Å². The quantitative estimate of drug-likeness (QED) is 0.291. The summed E-state index contributed by atoms with van der Waals surface area (Å²) in [7, 11) is 0. The average Bonchev–Trinajstić information content (AvgIpc) is 2.79. The number of carbonyl (C=O) groups excluding carboxylic acids is 1. The maximum Gasteiger partial charge on any atom is 0.323 e. The van der Waals surface area contributed by atoms with E-state index in [0.717, 1.165) is 16.8 Å². The van der Waals surface area contributed by atoms with E-state index in [9.17, 15) is 14.7 Å². The number of hydrogen-bond donors (Lipinski definition) is 4. The zero-order valence-corrected chi connectivity index (χ0v) is 17.6.